The number of nitro benzene ring substituents is 1. The van der Waals surface area contributed by atoms with E-state index in [9.17, 15) is 14.9 Å². The second-order valence-corrected chi connectivity index (χ2v) is 5.42. The van der Waals surface area contributed by atoms with E-state index in [0.29, 0.717) is 11.6 Å². The van der Waals surface area contributed by atoms with Crippen molar-refractivity contribution >= 4 is 17.4 Å². The van der Waals surface area contributed by atoms with Gasteiger partial charge in [-0.2, -0.15) is 5.10 Å². The van der Waals surface area contributed by atoms with E-state index in [1.807, 2.05) is 13.8 Å². The molecule has 0 aliphatic rings. The van der Waals surface area contributed by atoms with Crippen LogP contribution in [-0.4, -0.2) is 26.7 Å². The summed E-state index contributed by atoms with van der Waals surface area (Å²) >= 11 is 0. The number of anilines is 1. The highest BCUT2D eigenvalue weighted by Gasteiger charge is 2.18. The zero-order valence-corrected chi connectivity index (χ0v) is 13.8. The summed E-state index contributed by atoms with van der Waals surface area (Å²) < 4.78 is 7.27. The summed E-state index contributed by atoms with van der Waals surface area (Å²) in [6.07, 6.45) is 1.76. The summed E-state index contributed by atoms with van der Waals surface area (Å²) in [5.41, 5.74) is -0.0306. The fourth-order valence-electron chi connectivity index (χ4n) is 2.07. The number of aromatic nitrogens is 2. The molecule has 8 heteroatoms. The maximum atomic E-state index is 12.3. The SMILES string of the molecule is CCC(C)n1nccc1NC(=O)C(C)Oc1ccc([N+](=O)[O-])cc1. The molecule has 0 radical (unpaired) electrons. The van der Waals surface area contributed by atoms with Gasteiger partial charge in [0.2, 0.25) is 0 Å². The Morgan fingerprint density at radius 2 is 2.00 bits per heavy atom. The lowest BCUT2D eigenvalue weighted by Crippen LogP contribution is -2.31. The molecule has 1 aromatic heterocycles. The van der Waals surface area contributed by atoms with E-state index < -0.39 is 11.0 Å². The van der Waals surface area contributed by atoms with Crippen LogP contribution in [-0.2, 0) is 4.79 Å². The standard InChI is InChI=1S/C16H20N4O4/c1-4-11(2)19-15(9-10-17-19)18-16(21)12(3)24-14-7-5-13(6-8-14)20(22)23/h5-12H,4H2,1-3H3,(H,18,21). The predicted molar refractivity (Wildman–Crippen MR) is 89.0 cm³/mol. The molecule has 1 amide bonds. The van der Waals surface area contributed by atoms with E-state index in [1.165, 1.54) is 24.3 Å². The van der Waals surface area contributed by atoms with Crippen LogP contribution in [0.2, 0.25) is 0 Å². The molecule has 0 saturated carbocycles. The second kappa shape index (κ2) is 7.58. The van der Waals surface area contributed by atoms with Gasteiger partial charge in [0, 0.05) is 18.2 Å². The molecule has 0 aliphatic heterocycles. The molecular weight excluding hydrogens is 312 g/mol. The molecule has 2 rings (SSSR count). The van der Waals surface area contributed by atoms with Crippen molar-refractivity contribution in [1.82, 2.24) is 9.78 Å². The van der Waals surface area contributed by atoms with Crippen LogP contribution in [0.15, 0.2) is 36.5 Å². The lowest BCUT2D eigenvalue weighted by Gasteiger charge is -2.17. The van der Waals surface area contributed by atoms with Crippen molar-refractivity contribution in [3.63, 3.8) is 0 Å². The third kappa shape index (κ3) is 4.09. The Morgan fingerprint density at radius 1 is 1.33 bits per heavy atom. The maximum Gasteiger partial charge on any atom is 0.269 e. The fourth-order valence-corrected chi connectivity index (χ4v) is 2.07. The zero-order chi connectivity index (χ0) is 17.7. The first-order valence-electron chi connectivity index (χ1n) is 7.67. The molecule has 0 saturated heterocycles. The van der Waals surface area contributed by atoms with E-state index in [2.05, 4.69) is 10.4 Å². The maximum absolute atomic E-state index is 12.3. The van der Waals surface area contributed by atoms with Crippen LogP contribution < -0.4 is 10.1 Å². The van der Waals surface area contributed by atoms with Gasteiger partial charge in [0.1, 0.15) is 11.6 Å². The normalized spacial score (nSPS) is 13.1. The molecule has 0 fully saturated rings. The van der Waals surface area contributed by atoms with Crippen molar-refractivity contribution in [2.24, 2.45) is 0 Å². The van der Waals surface area contributed by atoms with E-state index >= 15 is 0 Å². The Kier molecular flexibility index (Phi) is 5.51. The third-order valence-corrected chi connectivity index (χ3v) is 3.66. The van der Waals surface area contributed by atoms with Gasteiger partial charge >= 0.3 is 0 Å². The first-order valence-corrected chi connectivity index (χ1v) is 7.67. The average molecular weight is 332 g/mol. The van der Waals surface area contributed by atoms with E-state index in [1.54, 1.807) is 23.9 Å². The van der Waals surface area contributed by atoms with Crippen LogP contribution in [0.3, 0.4) is 0 Å². The molecule has 0 bridgehead atoms. The quantitative estimate of drug-likeness (QED) is 0.620. The Balaban J connectivity index is 2.00. The zero-order valence-electron chi connectivity index (χ0n) is 13.8. The number of hydrogen-bond acceptors (Lipinski definition) is 5. The van der Waals surface area contributed by atoms with Crippen LogP contribution in [0.1, 0.15) is 33.2 Å². The Labute approximate surface area is 139 Å². The van der Waals surface area contributed by atoms with Gasteiger partial charge in [-0.1, -0.05) is 6.92 Å². The van der Waals surface area contributed by atoms with Crippen molar-refractivity contribution in [3.8, 4) is 5.75 Å². The van der Waals surface area contributed by atoms with E-state index in [4.69, 9.17) is 4.74 Å². The number of nitrogens with one attached hydrogen (secondary N) is 1. The Bertz CT molecular complexity index is 711. The van der Waals surface area contributed by atoms with Gasteiger partial charge in [0.15, 0.2) is 6.10 Å². The van der Waals surface area contributed by atoms with E-state index in [-0.39, 0.29) is 17.6 Å². The second-order valence-electron chi connectivity index (χ2n) is 5.42. The van der Waals surface area contributed by atoms with Gasteiger partial charge < -0.3 is 10.1 Å². The highest BCUT2D eigenvalue weighted by molar-refractivity contribution is 5.93. The van der Waals surface area contributed by atoms with Crippen LogP contribution in [0.4, 0.5) is 11.5 Å². The van der Waals surface area contributed by atoms with Crippen LogP contribution in [0.5, 0.6) is 5.75 Å². The molecule has 128 valence electrons. The molecule has 1 N–H and O–H groups in total. The molecular formula is C16H20N4O4. The lowest BCUT2D eigenvalue weighted by atomic mass is 10.2. The largest absolute Gasteiger partial charge is 0.481 e. The summed E-state index contributed by atoms with van der Waals surface area (Å²) in [6.45, 7) is 5.67. The minimum Gasteiger partial charge on any atom is -0.481 e. The van der Waals surface area contributed by atoms with Gasteiger partial charge in [0.25, 0.3) is 11.6 Å². The molecule has 2 atom stereocenters. The summed E-state index contributed by atoms with van der Waals surface area (Å²) in [4.78, 5) is 22.4. The molecule has 2 aromatic rings. The summed E-state index contributed by atoms with van der Waals surface area (Å²) in [6, 6.07) is 7.48. The molecule has 1 heterocycles. The van der Waals surface area contributed by atoms with E-state index in [0.717, 1.165) is 6.42 Å². The van der Waals surface area contributed by atoms with Crippen molar-refractivity contribution in [2.45, 2.75) is 39.3 Å². The van der Waals surface area contributed by atoms with Crippen molar-refractivity contribution in [2.75, 3.05) is 5.32 Å². The number of carbonyl (C=O) groups excluding carboxylic acids is 1. The molecule has 0 spiro atoms. The molecule has 2 unspecified atom stereocenters. The first-order chi connectivity index (χ1) is 11.4. The summed E-state index contributed by atoms with van der Waals surface area (Å²) in [5.74, 6) is 0.672. The number of nitrogens with zero attached hydrogens (tertiary/aromatic N) is 3. The highest BCUT2D eigenvalue weighted by Crippen LogP contribution is 2.20. The fraction of sp³-hybridized carbons (Fsp3) is 0.375. The first kappa shape index (κ1) is 17.5. The third-order valence-electron chi connectivity index (χ3n) is 3.66. The van der Waals surface area contributed by atoms with Crippen LogP contribution in [0.25, 0.3) is 0 Å². The number of amides is 1. The smallest absolute Gasteiger partial charge is 0.269 e. The van der Waals surface area contributed by atoms with Gasteiger partial charge in [-0.05, 0) is 32.4 Å². The van der Waals surface area contributed by atoms with Gasteiger partial charge in [-0.15, -0.1) is 0 Å². The number of non-ortho nitro benzene ring substituents is 1. The number of carbonyl (C=O) groups is 1. The highest BCUT2D eigenvalue weighted by atomic mass is 16.6. The van der Waals surface area contributed by atoms with Gasteiger partial charge in [-0.3, -0.25) is 14.9 Å². The molecule has 1 aromatic carbocycles. The van der Waals surface area contributed by atoms with Gasteiger partial charge in [-0.25, -0.2) is 4.68 Å². The van der Waals surface area contributed by atoms with Crippen molar-refractivity contribution in [3.05, 3.63) is 46.6 Å². The monoisotopic (exact) mass is 332 g/mol. The Morgan fingerprint density at radius 3 is 2.58 bits per heavy atom. The summed E-state index contributed by atoms with van der Waals surface area (Å²) in [5, 5.41) is 17.6. The summed E-state index contributed by atoms with van der Waals surface area (Å²) in [7, 11) is 0. The van der Waals surface area contributed by atoms with Crippen LogP contribution >= 0.6 is 0 Å². The lowest BCUT2D eigenvalue weighted by molar-refractivity contribution is -0.384. The molecule has 8 nitrogen and oxygen atoms in total. The van der Waals surface area contributed by atoms with Crippen molar-refractivity contribution < 1.29 is 14.5 Å². The number of nitro groups is 1. The topological polar surface area (TPSA) is 99.3 Å². The number of benzene rings is 1. The van der Waals surface area contributed by atoms with Crippen LogP contribution in [0, 0.1) is 10.1 Å². The number of rotatable bonds is 7. The minimum absolute atomic E-state index is 0.0306. The molecule has 24 heavy (non-hydrogen) atoms. The predicted octanol–water partition coefficient (Wildman–Crippen LogP) is 3.17. The average Bonchev–Trinajstić information content (AvgIpc) is 3.02. The minimum atomic E-state index is -0.758. The van der Waals surface area contributed by atoms with Gasteiger partial charge in [0.05, 0.1) is 17.2 Å². The number of hydrogen-bond donors (Lipinski definition) is 1. The molecule has 0 aliphatic carbocycles. The Hall–Kier alpha value is -2.90. The van der Waals surface area contributed by atoms with Crippen molar-refractivity contribution in [1.29, 1.82) is 0 Å². The number of ether oxygens (including phenoxy) is 1.